The van der Waals surface area contributed by atoms with Crippen molar-refractivity contribution in [2.45, 2.75) is 84.7 Å². The fraction of sp³-hybridized carbons (Fsp3) is 0.952. The summed E-state index contributed by atoms with van der Waals surface area (Å²) in [5, 5.41) is 10.7. The monoisotopic (exact) mass is 334 g/mol. The number of rotatable bonds is 1. The van der Waals surface area contributed by atoms with E-state index in [0.29, 0.717) is 17.3 Å². The van der Waals surface area contributed by atoms with Crippen molar-refractivity contribution in [3.63, 3.8) is 0 Å². The van der Waals surface area contributed by atoms with Gasteiger partial charge in [0, 0.05) is 0 Å². The second kappa shape index (κ2) is 4.99. The number of aliphatic hydroxyl groups is 1. The molecule has 0 aromatic heterocycles. The zero-order chi connectivity index (χ0) is 17.4. The van der Waals surface area contributed by atoms with E-state index >= 15 is 0 Å². The maximum absolute atomic E-state index is 12.6. The minimum absolute atomic E-state index is 0.00137. The fourth-order valence-corrected chi connectivity index (χ4v) is 8.21. The van der Waals surface area contributed by atoms with Crippen molar-refractivity contribution >= 4 is 5.97 Å². The lowest BCUT2D eigenvalue weighted by atomic mass is 9.40. The lowest BCUT2D eigenvalue weighted by Crippen LogP contribution is -2.58. The molecular weight excluding hydrogens is 300 g/mol. The Morgan fingerprint density at radius 3 is 2.46 bits per heavy atom. The van der Waals surface area contributed by atoms with Crippen LogP contribution in [0.4, 0.5) is 0 Å². The number of hydrogen-bond acceptors (Lipinski definition) is 3. The molecule has 3 nitrogen and oxygen atoms in total. The highest BCUT2D eigenvalue weighted by Crippen LogP contribution is 2.73. The molecule has 2 bridgehead atoms. The lowest BCUT2D eigenvalue weighted by Gasteiger charge is -2.64. The van der Waals surface area contributed by atoms with Gasteiger partial charge in [0.05, 0.1) is 18.6 Å². The summed E-state index contributed by atoms with van der Waals surface area (Å²) in [6, 6.07) is 0. The van der Waals surface area contributed by atoms with E-state index in [1.54, 1.807) is 7.11 Å². The predicted molar refractivity (Wildman–Crippen MR) is 93.3 cm³/mol. The van der Waals surface area contributed by atoms with Crippen molar-refractivity contribution in [1.29, 1.82) is 0 Å². The molecule has 0 saturated heterocycles. The third-order valence-corrected chi connectivity index (χ3v) is 9.26. The molecule has 0 radical (unpaired) electrons. The normalized spacial score (nSPS) is 56.3. The number of esters is 1. The molecule has 0 heterocycles. The highest BCUT2D eigenvalue weighted by atomic mass is 16.5. The Bertz CT molecular complexity index is 559. The fourth-order valence-electron chi connectivity index (χ4n) is 8.21. The molecule has 0 amide bonds. The first-order chi connectivity index (χ1) is 11.2. The molecule has 4 saturated carbocycles. The van der Waals surface area contributed by atoms with Crippen LogP contribution in [-0.2, 0) is 9.53 Å². The van der Waals surface area contributed by atoms with Gasteiger partial charge in [0.2, 0.25) is 0 Å². The first kappa shape index (κ1) is 16.9. The summed E-state index contributed by atoms with van der Waals surface area (Å²) in [5.74, 6) is 1.10. The van der Waals surface area contributed by atoms with Gasteiger partial charge in [0.25, 0.3) is 0 Å². The first-order valence-corrected chi connectivity index (χ1v) is 9.97. The molecule has 1 spiro atoms. The average molecular weight is 335 g/mol. The summed E-state index contributed by atoms with van der Waals surface area (Å²) >= 11 is 0. The number of fused-ring (bicyclic) bond motifs is 3. The predicted octanol–water partition coefficient (Wildman–Crippen LogP) is 4.32. The van der Waals surface area contributed by atoms with E-state index in [9.17, 15) is 9.90 Å². The zero-order valence-corrected chi connectivity index (χ0v) is 15.9. The van der Waals surface area contributed by atoms with E-state index < -0.39 is 0 Å². The second-order valence-electron chi connectivity index (χ2n) is 10.4. The number of carbonyl (C=O) groups is 1. The summed E-state index contributed by atoms with van der Waals surface area (Å²) in [4.78, 5) is 12.6. The molecule has 3 heteroatoms. The van der Waals surface area contributed by atoms with Gasteiger partial charge in [-0.05, 0) is 86.4 Å². The molecule has 24 heavy (non-hydrogen) atoms. The number of hydrogen-bond donors (Lipinski definition) is 1. The van der Waals surface area contributed by atoms with Gasteiger partial charge in [0.15, 0.2) is 0 Å². The summed E-state index contributed by atoms with van der Waals surface area (Å²) in [7, 11) is 1.54. The van der Waals surface area contributed by atoms with Gasteiger partial charge in [0.1, 0.15) is 0 Å². The smallest absolute Gasteiger partial charge is 0.311 e. The molecule has 4 aliphatic rings. The maximum atomic E-state index is 12.6. The van der Waals surface area contributed by atoms with Crippen LogP contribution in [0.25, 0.3) is 0 Å². The van der Waals surface area contributed by atoms with Crippen molar-refractivity contribution < 1.29 is 14.6 Å². The van der Waals surface area contributed by atoms with Crippen LogP contribution >= 0.6 is 0 Å². The summed E-state index contributed by atoms with van der Waals surface area (Å²) in [6.45, 7) is 6.93. The Hall–Kier alpha value is -0.570. The molecule has 4 fully saturated rings. The van der Waals surface area contributed by atoms with Crippen molar-refractivity contribution in [2.24, 2.45) is 33.5 Å². The minimum atomic E-state index is -0.318. The van der Waals surface area contributed by atoms with Crippen LogP contribution in [0, 0.1) is 33.5 Å². The van der Waals surface area contributed by atoms with Crippen molar-refractivity contribution in [1.82, 2.24) is 0 Å². The Morgan fingerprint density at radius 1 is 1.04 bits per heavy atom. The molecule has 4 aliphatic carbocycles. The highest BCUT2D eigenvalue weighted by Gasteiger charge is 2.68. The molecule has 1 unspecified atom stereocenters. The van der Waals surface area contributed by atoms with Crippen LogP contribution in [0.2, 0.25) is 0 Å². The second-order valence-corrected chi connectivity index (χ2v) is 10.4. The Labute approximate surface area is 146 Å². The summed E-state index contributed by atoms with van der Waals surface area (Å²) < 4.78 is 5.24. The van der Waals surface area contributed by atoms with E-state index in [2.05, 4.69) is 20.8 Å². The van der Waals surface area contributed by atoms with Gasteiger partial charge in [-0.3, -0.25) is 4.79 Å². The number of aliphatic hydroxyl groups excluding tert-OH is 1. The molecule has 136 valence electrons. The van der Waals surface area contributed by atoms with Gasteiger partial charge >= 0.3 is 5.97 Å². The van der Waals surface area contributed by atoms with Crippen molar-refractivity contribution in [3.05, 3.63) is 0 Å². The van der Waals surface area contributed by atoms with Gasteiger partial charge < -0.3 is 9.84 Å². The van der Waals surface area contributed by atoms with Gasteiger partial charge in [-0.25, -0.2) is 0 Å². The third-order valence-electron chi connectivity index (χ3n) is 9.26. The molecule has 0 aromatic rings. The SMILES string of the molecule is COC(=O)[C@]1(C)CCC[C@@]2(C)[C@@H]3CC[C@@]4(C)C[C@]3(CC[C@@H]21)CC4O. The third kappa shape index (κ3) is 1.91. The molecule has 0 aromatic carbocycles. The lowest BCUT2D eigenvalue weighted by molar-refractivity contribution is -0.185. The van der Waals surface area contributed by atoms with Crippen molar-refractivity contribution in [3.8, 4) is 0 Å². The highest BCUT2D eigenvalue weighted by molar-refractivity contribution is 5.77. The van der Waals surface area contributed by atoms with Crippen molar-refractivity contribution in [2.75, 3.05) is 7.11 Å². The topological polar surface area (TPSA) is 46.5 Å². The van der Waals surface area contributed by atoms with Gasteiger partial charge in [-0.1, -0.05) is 20.3 Å². The number of carbonyl (C=O) groups excluding carboxylic acids is 1. The summed E-state index contributed by atoms with van der Waals surface area (Å²) in [6.07, 6.45) is 10.1. The quantitative estimate of drug-likeness (QED) is 0.726. The van der Waals surface area contributed by atoms with Crippen LogP contribution in [0.5, 0.6) is 0 Å². The molecule has 1 N–H and O–H groups in total. The Kier molecular flexibility index (Phi) is 3.51. The van der Waals surface area contributed by atoms with Crippen LogP contribution in [0.1, 0.15) is 78.6 Å². The average Bonchev–Trinajstić information content (AvgIpc) is 2.70. The van der Waals surface area contributed by atoms with Crippen LogP contribution in [0.3, 0.4) is 0 Å². The molecule has 0 aliphatic heterocycles. The van der Waals surface area contributed by atoms with E-state index in [1.165, 1.54) is 25.7 Å². The molecule has 7 atom stereocenters. The minimum Gasteiger partial charge on any atom is -0.469 e. The molecular formula is C21H34O3. The number of methoxy groups -OCH3 is 1. The van der Waals surface area contributed by atoms with E-state index in [4.69, 9.17) is 4.74 Å². The molecule has 4 rings (SSSR count). The van der Waals surface area contributed by atoms with Crippen LogP contribution < -0.4 is 0 Å². The standard InChI is InChI=1S/C21H34O3/c1-18-10-6-15-19(2)8-5-9-20(3,17(23)24-4)14(19)7-11-21(15,13-18)12-16(18)22/h14-16,22H,5-13H2,1-4H3/t14-,15-,16?,18-,19+,20+,21-/m0/s1. The van der Waals surface area contributed by atoms with E-state index in [-0.39, 0.29) is 28.3 Å². The van der Waals surface area contributed by atoms with Crippen LogP contribution in [-0.4, -0.2) is 24.3 Å². The Balaban J connectivity index is 1.72. The van der Waals surface area contributed by atoms with E-state index in [1.807, 2.05) is 0 Å². The first-order valence-electron chi connectivity index (χ1n) is 9.97. The van der Waals surface area contributed by atoms with Gasteiger partial charge in [-0.15, -0.1) is 0 Å². The van der Waals surface area contributed by atoms with E-state index in [0.717, 1.165) is 32.1 Å². The number of ether oxygens (including phenoxy) is 1. The zero-order valence-electron chi connectivity index (χ0n) is 15.9. The summed E-state index contributed by atoms with van der Waals surface area (Å²) in [5.41, 5.74) is 0.373. The largest absolute Gasteiger partial charge is 0.469 e. The van der Waals surface area contributed by atoms with Gasteiger partial charge in [-0.2, -0.15) is 0 Å². The maximum Gasteiger partial charge on any atom is 0.311 e. The van der Waals surface area contributed by atoms with Crippen LogP contribution in [0.15, 0.2) is 0 Å². The Morgan fingerprint density at radius 2 is 1.75 bits per heavy atom.